The lowest BCUT2D eigenvalue weighted by Crippen LogP contribution is -2.25. The van der Waals surface area contributed by atoms with Crippen molar-refractivity contribution in [3.05, 3.63) is 41.1 Å². The molecule has 0 fully saturated rings. The SMILES string of the molecule is Cc1cnn(C)c1[S+](=O)([O-])Nc1ccc2c(c1)C(=O)NC2. The Morgan fingerprint density at radius 3 is 2.90 bits per heavy atom. The van der Waals surface area contributed by atoms with E-state index in [0.717, 1.165) is 5.56 Å². The Morgan fingerprint density at radius 2 is 2.24 bits per heavy atom. The molecular weight excluding hydrogens is 292 g/mol. The van der Waals surface area contributed by atoms with Crippen molar-refractivity contribution in [2.75, 3.05) is 4.72 Å². The number of nitrogens with zero attached hydrogens (tertiary/aromatic N) is 2. The lowest BCUT2D eigenvalue weighted by molar-refractivity contribution is 0.0965. The van der Waals surface area contributed by atoms with Gasteiger partial charge in [0.2, 0.25) is 0 Å². The van der Waals surface area contributed by atoms with Crippen molar-refractivity contribution >= 4 is 22.0 Å². The average molecular weight is 306 g/mol. The minimum absolute atomic E-state index is 0.104. The smallest absolute Gasteiger partial charge is 0.273 e. The van der Waals surface area contributed by atoms with Gasteiger partial charge in [-0.1, -0.05) is 10.3 Å². The number of benzene rings is 1. The predicted octanol–water partition coefficient (Wildman–Crippen LogP) is 0.988. The van der Waals surface area contributed by atoms with E-state index in [-0.39, 0.29) is 10.9 Å². The number of sulfonamides is 1. The fourth-order valence-corrected chi connectivity index (χ4v) is 3.81. The third-order valence-corrected chi connectivity index (χ3v) is 4.96. The number of carbonyl (C=O) groups excluding carboxylic acids is 1. The van der Waals surface area contributed by atoms with E-state index in [2.05, 4.69) is 15.1 Å². The predicted molar refractivity (Wildman–Crippen MR) is 76.3 cm³/mol. The summed E-state index contributed by atoms with van der Waals surface area (Å²) in [6.45, 7) is 2.15. The van der Waals surface area contributed by atoms with Crippen LogP contribution in [0.4, 0.5) is 5.69 Å². The number of hydrogen-bond donors (Lipinski definition) is 2. The second kappa shape index (κ2) is 4.68. The molecule has 1 aliphatic heterocycles. The number of hydrogen-bond acceptors (Lipinski definition) is 4. The van der Waals surface area contributed by atoms with Crippen molar-refractivity contribution < 1.29 is 13.6 Å². The van der Waals surface area contributed by atoms with E-state index >= 15 is 0 Å². The van der Waals surface area contributed by atoms with E-state index < -0.39 is 10.4 Å². The van der Waals surface area contributed by atoms with Crippen LogP contribution in [-0.2, 0) is 28.2 Å². The fraction of sp³-hybridized carbons (Fsp3) is 0.231. The van der Waals surface area contributed by atoms with Crippen molar-refractivity contribution in [3.63, 3.8) is 0 Å². The zero-order valence-corrected chi connectivity index (χ0v) is 12.4. The lowest BCUT2D eigenvalue weighted by Gasteiger charge is -2.16. The van der Waals surface area contributed by atoms with Crippen LogP contribution in [-0.4, -0.2) is 20.2 Å². The van der Waals surface area contributed by atoms with Gasteiger partial charge in [-0.3, -0.25) is 4.79 Å². The molecule has 2 N–H and O–H groups in total. The molecule has 2 aromatic rings. The zero-order chi connectivity index (χ0) is 15.2. The molecule has 2 heterocycles. The van der Waals surface area contributed by atoms with Crippen LogP contribution in [0.1, 0.15) is 21.5 Å². The molecule has 0 aliphatic carbocycles. The van der Waals surface area contributed by atoms with Crippen LogP contribution < -0.4 is 10.0 Å². The fourth-order valence-electron chi connectivity index (χ4n) is 2.40. The van der Waals surface area contributed by atoms with Crippen LogP contribution in [0, 0.1) is 6.92 Å². The lowest BCUT2D eigenvalue weighted by atomic mass is 10.1. The summed E-state index contributed by atoms with van der Waals surface area (Å²) in [5.41, 5.74) is 2.27. The van der Waals surface area contributed by atoms with Gasteiger partial charge in [-0.25, -0.2) is 9.40 Å². The molecule has 1 unspecified atom stereocenters. The highest BCUT2D eigenvalue weighted by Crippen LogP contribution is 2.25. The molecule has 3 rings (SSSR count). The summed E-state index contributed by atoms with van der Waals surface area (Å²) in [5.74, 6) is -0.192. The molecule has 1 aromatic carbocycles. The monoisotopic (exact) mass is 306 g/mol. The molecule has 1 amide bonds. The maximum Gasteiger partial charge on any atom is 0.273 e. The molecule has 0 spiro atoms. The Kier molecular flexibility index (Phi) is 3.07. The molecule has 110 valence electrons. The summed E-state index contributed by atoms with van der Waals surface area (Å²) in [7, 11) is -2.18. The topological polar surface area (TPSA) is 99.1 Å². The maximum absolute atomic E-state index is 12.4. The summed E-state index contributed by atoms with van der Waals surface area (Å²) in [6.07, 6.45) is 1.49. The van der Waals surface area contributed by atoms with E-state index in [0.29, 0.717) is 23.4 Å². The quantitative estimate of drug-likeness (QED) is 0.826. The van der Waals surface area contributed by atoms with Crippen LogP contribution in [0.3, 0.4) is 0 Å². The van der Waals surface area contributed by atoms with Gasteiger partial charge in [0, 0.05) is 24.7 Å². The maximum atomic E-state index is 12.4. The Morgan fingerprint density at radius 1 is 1.48 bits per heavy atom. The minimum atomic E-state index is -3.75. The second-order valence-corrected chi connectivity index (χ2v) is 6.51. The Balaban J connectivity index is 1.95. The highest BCUT2D eigenvalue weighted by Gasteiger charge is 2.28. The van der Waals surface area contributed by atoms with E-state index in [1.165, 1.54) is 10.9 Å². The first-order chi connectivity index (χ1) is 9.88. The van der Waals surface area contributed by atoms with E-state index in [4.69, 9.17) is 0 Å². The minimum Gasteiger partial charge on any atom is -0.587 e. The Bertz CT molecular complexity index is 764. The number of carbonyl (C=O) groups is 1. The van der Waals surface area contributed by atoms with Gasteiger partial charge in [0.15, 0.2) is 10.4 Å². The Labute approximate surface area is 122 Å². The van der Waals surface area contributed by atoms with Gasteiger partial charge < -0.3 is 9.87 Å². The highest BCUT2D eigenvalue weighted by atomic mass is 32.3. The van der Waals surface area contributed by atoms with Crippen LogP contribution in [0.5, 0.6) is 0 Å². The molecular formula is C13H14N4O3S. The van der Waals surface area contributed by atoms with Gasteiger partial charge in [-0.15, -0.1) is 0 Å². The van der Waals surface area contributed by atoms with Gasteiger partial charge in [0.25, 0.3) is 10.9 Å². The summed E-state index contributed by atoms with van der Waals surface area (Å²) in [4.78, 5) is 11.6. The number of aryl methyl sites for hydroxylation is 2. The number of rotatable bonds is 3. The van der Waals surface area contributed by atoms with Gasteiger partial charge in [0.05, 0.1) is 11.9 Å². The van der Waals surface area contributed by atoms with Crippen molar-refractivity contribution in [2.45, 2.75) is 18.5 Å². The Hall–Kier alpha value is -2.19. The zero-order valence-electron chi connectivity index (χ0n) is 11.5. The second-order valence-electron chi connectivity index (χ2n) is 4.92. The molecule has 0 saturated carbocycles. The van der Waals surface area contributed by atoms with Gasteiger partial charge >= 0.3 is 0 Å². The van der Waals surface area contributed by atoms with E-state index in [1.54, 1.807) is 32.2 Å². The van der Waals surface area contributed by atoms with Crippen LogP contribution in [0.25, 0.3) is 0 Å². The molecule has 0 radical (unpaired) electrons. The van der Waals surface area contributed by atoms with Crippen LogP contribution in [0.2, 0.25) is 0 Å². The van der Waals surface area contributed by atoms with E-state index in [9.17, 15) is 13.6 Å². The number of aromatic nitrogens is 2. The number of fused-ring (bicyclic) bond motifs is 1. The van der Waals surface area contributed by atoms with E-state index in [1.807, 2.05) is 0 Å². The van der Waals surface area contributed by atoms with Crippen LogP contribution >= 0.6 is 0 Å². The molecule has 1 aliphatic rings. The first-order valence-electron chi connectivity index (χ1n) is 6.31. The normalized spacial score (nSPS) is 16.2. The third-order valence-electron chi connectivity index (χ3n) is 3.36. The summed E-state index contributed by atoms with van der Waals surface area (Å²) in [5, 5.41) is 6.72. The van der Waals surface area contributed by atoms with Gasteiger partial charge in [-0.05, 0) is 24.6 Å². The summed E-state index contributed by atoms with van der Waals surface area (Å²) >= 11 is 0. The average Bonchev–Trinajstić information content (AvgIpc) is 2.93. The van der Waals surface area contributed by atoms with Crippen LogP contribution in [0.15, 0.2) is 29.4 Å². The molecule has 1 atom stereocenters. The largest absolute Gasteiger partial charge is 0.587 e. The molecule has 0 bridgehead atoms. The molecule has 7 nitrogen and oxygen atoms in total. The first-order valence-corrected chi connectivity index (χ1v) is 7.79. The highest BCUT2D eigenvalue weighted by molar-refractivity contribution is 7.98. The summed E-state index contributed by atoms with van der Waals surface area (Å²) in [6, 6.07) is 4.92. The summed E-state index contributed by atoms with van der Waals surface area (Å²) < 4.78 is 28.6. The van der Waals surface area contributed by atoms with Crippen molar-refractivity contribution in [2.24, 2.45) is 7.05 Å². The molecule has 1 aromatic heterocycles. The first kappa shape index (κ1) is 13.8. The number of amides is 1. The number of anilines is 1. The standard InChI is InChI=1S/C13H14N4O3S/c1-8-6-15-17(2)13(8)21(19,20)16-10-4-3-9-7-14-12(18)11(9)5-10/h3-6H,7H2,1-2H3,(H2-,14,16,18,19,20). The van der Waals surface area contributed by atoms with Gasteiger partial charge in [0.1, 0.15) is 0 Å². The van der Waals surface area contributed by atoms with Gasteiger partial charge in [-0.2, -0.15) is 5.10 Å². The third kappa shape index (κ3) is 2.32. The molecule has 21 heavy (non-hydrogen) atoms. The van der Waals surface area contributed by atoms with Crippen molar-refractivity contribution in [1.29, 1.82) is 0 Å². The molecule has 0 saturated heterocycles. The van der Waals surface area contributed by atoms with Crippen molar-refractivity contribution in [3.8, 4) is 0 Å². The van der Waals surface area contributed by atoms with Crippen molar-refractivity contribution in [1.82, 2.24) is 15.1 Å². The number of nitrogens with one attached hydrogen (secondary N) is 2. The molecule has 8 heteroatoms.